The number of amides is 1. The summed E-state index contributed by atoms with van der Waals surface area (Å²) in [7, 11) is 0. The Morgan fingerprint density at radius 3 is 2.28 bits per heavy atom. The number of alkyl halides is 3. The van der Waals surface area contributed by atoms with Crippen molar-refractivity contribution in [3.63, 3.8) is 0 Å². The highest BCUT2D eigenvalue weighted by atomic mass is 19.4. The van der Waals surface area contributed by atoms with Gasteiger partial charge in [-0.05, 0) is 32.6 Å². The number of hydrogen-bond donors (Lipinski definition) is 1. The minimum absolute atomic E-state index is 0.0653. The molecule has 106 valence electrons. The van der Waals surface area contributed by atoms with Gasteiger partial charge < -0.3 is 10.6 Å². The Morgan fingerprint density at radius 2 is 1.83 bits per heavy atom. The maximum Gasteiger partial charge on any atom is 0.389 e. The molecule has 0 aromatic carbocycles. The number of rotatable bonds is 4. The maximum atomic E-state index is 12.1. The van der Waals surface area contributed by atoms with Crippen molar-refractivity contribution >= 4 is 5.91 Å². The minimum Gasteiger partial charge on any atom is -0.340 e. The van der Waals surface area contributed by atoms with E-state index < -0.39 is 24.9 Å². The van der Waals surface area contributed by atoms with Crippen LogP contribution >= 0.6 is 0 Å². The largest absolute Gasteiger partial charge is 0.389 e. The first-order valence-electron chi connectivity index (χ1n) is 6.45. The molecule has 2 N–H and O–H groups in total. The van der Waals surface area contributed by atoms with Crippen LogP contribution in [0, 0.1) is 0 Å². The van der Waals surface area contributed by atoms with E-state index in [1.807, 2.05) is 0 Å². The summed E-state index contributed by atoms with van der Waals surface area (Å²) in [5.41, 5.74) is 5.78. The molecule has 0 atom stereocenters. The standard InChI is InChI=1S/C12H21F3N2O/c1-2-17(10-5-3-9(16)4-6-10)11(18)7-8-12(13,14)15/h9-10H,2-8,16H2,1H3. The fraction of sp³-hybridized carbons (Fsp3) is 0.917. The van der Waals surface area contributed by atoms with Crippen molar-refractivity contribution in [2.75, 3.05) is 6.54 Å². The molecule has 0 saturated heterocycles. The topological polar surface area (TPSA) is 46.3 Å². The van der Waals surface area contributed by atoms with E-state index >= 15 is 0 Å². The van der Waals surface area contributed by atoms with Crippen molar-refractivity contribution < 1.29 is 18.0 Å². The van der Waals surface area contributed by atoms with Gasteiger partial charge in [0, 0.05) is 25.0 Å². The van der Waals surface area contributed by atoms with Gasteiger partial charge in [0.1, 0.15) is 0 Å². The Balaban J connectivity index is 2.47. The van der Waals surface area contributed by atoms with E-state index in [9.17, 15) is 18.0 Å². The molecule has 1 aliphatic carbocycles. The number of halogens is 3. The molecule has 0 radical (unpaired) electrons. The summed E-state index contributed by atoms with van der Waals surface area (Å²) >= 11 is 0. The third kappa shape index (κ3) is 4.84. The van der Waals surface area contributed by atoms with Crippen LogP contribution in [0.25, 0.3) is 0 Å². The Bertz CT molecular complexity index is 273. The van der Waals surface area contributed by atoms with E-state index in [-0.39, 0.29) is 12.1 Å². The number of nitrogens with two attached hydrogens (primary N) is 1. The third-order valence-corrected chi connectivity index (χ3v) is 3.47. The van der Waals surface area contributed by atoms with Crippen LogP contribution in [-0.2, 0) is 4.79 Å². The number of hydrogen-bond acceptors (Lipinski definition) is 2. The van der Waals surface area contributed by atoms with E-state index in [0.29, 0.717) is 6.54 Å². The molecule has 3 nitrogen and oxygen atoms in total. The van der Waals surface area contributed by atoms with Crippen LogP contribution in [0.5, 0.6) is 0 Å². The first-order valence-corrected chi connectivity index (χ1v) is 6.45. The van der Waals surface area contributed by atoms with Crippen LogP contribution < -0.4 is 5.73 Å². The van der Waals surface area contributed by atoms with Crippen molar-refractivity contribution in [1.29, 1.82) is 0 Å². The van der Waals surface area contributed by atoms with E-state index in [1.54, 1.807) is 11.8 Å². The highest BCUT2D eigenvalue weighted by Gasteiger charge is 2.31. The summed E-state index contributed by atoms with van der Waals surface area (Å²) in [4.78, 5) is 13.4. The highest BCUT2D eigenvalue weighted by Crippen LogP contribution is 2.25. The quantitative estimate of drug-likeness (QED) is 0.849. The Kier molecular flexibility index (Phi) is 5.44. The smallest absolute Gasteiger partial charge is 0.340 e. The summed E-state index contributed by atoms with van der Waals surface area (Å²) < 4.78 is 36.3. The lowest BCUT2D eigenvalue weighted by molar-refractivity contribution is -0.150. The molecule has 0 unspecified atom stereocenters. The first kappa shape index (κ1) is 15.3. The van der Waals surface area contributed by atoms with Gasteiger partial charge in [0.2, 0.25) is 5.91 Å². The molecule has 0 aromatic rings. The second-order valence-electron chi connectivity index (χ2n) is 4.86. The van der Waals surface area contributed by atoms with Crippen LogP contribution in [0.1, 0.15) is 45.4 Å². The monoisotopic (exact) mass is 266 g/mol. The molecule has 0 spiro atoms. The fourth-order valence-electron chi connectivity index (χ4n) is 2.44. The van der Waals surface area contributed by atoms with E-state index in [0.717, 1.165) is 25.7 Å². The third-order valence-electron chi connectivity index (χ3n) is 3.47. The molecular formula is C12H21F3N2O. The number of carbonyl (C=O) groups is 1. The Labute approximate surface area is 106 Å². The molecular weight excluding hydrogens is 245 g/mol. The molecule has 1 amide bonds. The summed E-state index contributed by atoms with van der Waals surface area (Å²) in [6, 6.07) is 0.237. The van der Waals surface area contributed by atoms with Gasteiger partial charge >= 0.3 is 6.18 Å². The normalized spacial score (nSPS) is 24.9. The average molecular weight is 266 g/mol. The lowest BCUT2D eigenvalue weighted by atomic mass is 9.90. The van der Waals surface area contributed by atoms with Crippen LogP contribution in [0.3, 0.4) is 0 Å². The van der Waals surface area contributed by atoms with Gasteiger partial charge in [-0.15, -0.1) is 0 Å². The van der Waals surface area contributed by atoms with Gasteiger partial charge in [0.25, 0.3) is 0 Å². The van der Waals surface area contributed by atoms with Crippen molar-refractivity contribution in [1.82, 2.24) is 4.90 Å². The molecule has 0 aromatic heterocycles. The fourth-order valence-corrected chi connectivity index (χ4v) is 2.44. The minimum atomic E-state index is -4.26. The van der Waals surface area contributed by atoms with Gasteiger partial charge in [-0.3, -0.25) is 4.79 Å². The second kappa shape index (κ2) is 6.41. The Morgan fingerprint density at radius 1 is 1.28 bits per heavy atom. The van der Waals surface area contributed by atoms with Crippen molar-refractivity contribution in [2.24, 2.45) is 5.73 Å². The van der Waals surface area contributed by atoms with Gasteiger partial charge in [-0.2, -0.15) is 13.2 Å². The number of carbonyl (C=O) groups excluding carboxylic acids is 1. The van der Waals surface area contributed by atoms with Crippen LogP contribution in [-0.4, -0.2) is 35.6 Å². The molecule has 18 heavy (non-hydrogen) atoms. The summed E-state index contributed by atoms with van der Waals surface area (Å²) in [5.74, 6) is -0.393. The zero-order chi connectivity index (χ0) is 13.8. The predicted octanol–water partition coefficient (Wildman–Crippen LogP) is 2.45. The van der Waals surface area contributed by atoms with Gasteiger partial charge in [-0.1, -0.05) is 0 Å². The zero-order valence-electron chi connectivity index (χ0n) is 10.7. The predicted molar refractivity (Wildman–Crippen MR) is 62.9 cm³/mol. The zero-order valence-corrected chi connectivity index (χ0v) is 10.7. The SMILES string of the molecule is CCN(C(=O)CCC(F)(F)F)C1CCC(N)CC1. The summed E-state index contributed by atoms with van der Waals surface area (Å²) in [6.07, 6.45) is -2.46. The van der Waals surface area contributed by atoms with Crippen molar-refractivity contribution in [3.05, 3.63) is 0 Å². The number of nitrogens with zero attached hydrogens (tertiary/aromatic N) is 1. The van der Waals surface area contributed by atoms with Crippen LogP contribution in [0.4, 0.5) is 13.2 Å². The summed E-state index contributed by atoms with van der Waals surface area (Å²) in [5, 5.41) is 0. The lowest BCUT2D eigenvalue weighted by Crippen LogP contribution is -2.44. The molecule has 0 aliphatic heterocycles. The molecule has 1 rings (SSSR count). The van der Waals surface area contributed by atoms with Crippen molar-refractivity contribution in [3.8, 4) is 0 Å². The van der Waals surface area contributed by atoms with E-state index in [2.05, 4.69) is 0 Å². The van der Waals surface area contributed by atoms with Gasteiger partial charge in [-0.25, -0.2) is 0 Å². The van der Waals surface area contributed by atoms with E-state index in [4.69, 9.17) is 5.73 Å². The van der Waals surface area contributed by atoms with Gasteiger partial charge in [0.05, 0.1) is 6.42 Å². The molecule has 1 saturated carbocycles. The molecule has 1 fully saturated rings. The lowest BCUT2D eigenvalue weighted by Gasteiger charge is -2.35. The molecule has 1 aliphatic rings. The summed E-state index contributed by atoms with van der Waals surface area (Å²) in [6.45, 7) is 2.27. The first-order chi connectivity index (χ1) is 8.33. The van der Waals surface area contributed by atoms with Gasteiger partial charge in [0.15, 0.2) is 0 Å². The van der Waals surface area contributed by atoms with Crippen molar-refractivity contribution in [2.45, 2.75) is 63.7 Å². The molecule has 0 bridgehead atoms. The Hall–Kier alpha value is -0.780. The highest BCUT2D eigenvalue weighted by molar-refractivity contribution is 5.76. The molecule has 6 heteroatoms. The van der Waals surface area contributed by atoms with Crippen LogP contribution in [0.15, 0.2) is 0 Å². The molecule has 0 heterocycles. The van der Waals surface area contributed by atoms with E-state index in [1.165, 1.54) is 0 Å². The average Bonchev–Trinajstić information content (AvgIpc) is 2.29. The maximum absolute atomic E-state index is 12.1. The second-order valence-corrected chi connectivity index (χ2v) is 4.86. The van der Waals surface area contributed by atoms with Crippen LogP contribution in [0.2, 0.25) is 0 Å².